The number of anilines is 1. The third-order valence-electron chi connectivity index (χ3n) is 4.84. The predicted octanol–water partition coefficient (Wildman–Crippen LogP) is 4.92. The van der Waals surface area contributed by atoms with Gasteiger partial charge in [-0.3, -0.25) is 5.10 Å². The zero-order valence-electron chi connectivity index (χ0n) is 18.6. The quantitative estimate of drug-likeness (QED) is 0.450. The number of H-pyrrole nitrogens is 1. The summed E-state index contributed by atoms with van der Waals surface area (Å²) in [5.74, 6) is 8.60. The highest BCUT2D eigenvalue weighted by atomic mass is 16.6. The van der Waals surface area contributed by atoms with Crippen LogP contribution in [0.3, 0.4) is 0 Å². The van der Waals surface area contributed by atoms with Crippen LogP contribution in [0.4, 0.5) is 5.82 Å². The first kappa shape index (κ1) is 21.3. The summed E-state index contributed by atoms with van der Waals surface area (Å²) in [4.78, 5) is 8.82. The number of fused-ring (bicyclic) bond motifs is 2. The van der Waals surface area contributed by atoms with Gasteiger partial charge in [0.2, 0.25) is 0 Å². The minimum Gasteiger partial charge on any atom is -0.486 e. The Balaban J connectivity index is 0.00000119. The Bertz CT molecular complexity index is 1260. The Morgan fingerprint density at radius 3 is 2.75 bits per heavy atom. The number of nitrogens with zero attached hydrogens (tertiary/aromatic N) is 3. The summed E-state index contributed by atoms with van der Waals surface area (Å²) in [5, 5.41) is 6.71. The number of aromatic nitrogens is 4. The molecule has 7 heteroatoms. The highest BCUT2D eigenvalue weighted by molar-refractivity contribution is 5.85. The third kappa shape index (κ3) is 4.40. The average Bonchev–Trinajstić information content (AvgIpc) is 2.84. The number of benzene rings is 2. The lowest BCUT2D eigenvalue weighted by atomic mass is 10.2. The van der Waals surface area contributed by atoms with Gasteiger partial charge in [0.1, 0.15) is 25.1 Å². The van der Waals surface area contributed by atoms with E-state index in [9.17, 15) is 0 Å². The maximum absolute atomic E-state index is 5.66. The Morgan fingerprint density at radius 2 is 1.91 bits per heavy atom. The van der Waals surface area contributed by atoms with Crippen molar-refractivity contribution in [2.45, 2.75) is 33.7 Å². The molecule has 1 aliphatic heterocycles. The van der Waals surface area contributed by atoms with Crippen LogP contribution in [0.2, 0.25) is 0 Å². The zero-order valence-corrected chi connectivity index (χ0v) is 18.6. The van der Waals surface area contributed by atoms with E-state index >= 15 is 0 Å². The van der Waals surface area contributed by atoms with Crippen molar-refractivity contribution in [1.82, 2.24) is 19.7 Å². The molecule has 0 aliphatic carbocycles. The molecule has 7 nitrogen and oxygen atoms in total. The Hall–Kier alpha value is -3.92. The molecule has 164 valence electrons. The van der Waals surface area contributed by atoms with Gasteiger partial charge in [-0.25, -0.2) is 14.6 Å². The minimum atomic E-state index is 0.578. The average molecular weight is 430 g/mol. The summed E-state index contributed by atoms with van der Waals surface area (Å²) in [5.41, 5.74) is 4.76. The first-order valence-corrected chi connectivity index (χ1v) is 10.9. The predicted molar refractivity (Wildman–Crippen MR) is 126 cm³/mol. The molecule has 2 aromatic carbocycles. The van der Waals surface area contributed by atoms with Crippen molar-refractivity contribution in [3.05, 3.63) is 59.9 Å². The highest BCUT2D eigenvalue weighted by Gasteiger charge is 2.15. The van der Waals surface area contributed by atoms with Crippen LogP contribution in [0.5, 0.6) is 11.5 Å². The molecule has 0 unspecified atom stereocenters. The van der Waals surface area contributed by atoms with Crippen molar-refractivity contribution in [2.24, 2.45) is 0 Å². The number of hydrogen-bond donors (Lipinski definition) is 2. The fraction of sp³-hybridized carbons (Fsp3) is 0.280. The van der Waals surface area contributed by atoms with E-state index in [1.807, 2.05) is 67.9 Å². The van der Waals surface area contributed by atoms with Gasteiger partial charge in [-0.15, -0.1) is 0 Å². The molecule has 0 fully saturated rings. The summed E-state index contributed by atoms with van der Waals surface area (Å²) in [6, 6.07) is 14.0. The summed E-state index contributed by atoms with van der Waals surface area (Å²) in [6.07, 6.45) is 2.40. The summed E-state index contributed by atoms with van der Waals surface area (Å²) in [7, 11) is 0. The molecule has 0 radical (unpaired) electrons. The lowest BCUT2D eigenvalue weighted by molar-refractivity contribution is 0.171. The molecule has 5 rings (SSSR count). The maximum Gasteiger partial charge on any atom is 0.182 e. The van der Waals surface area contributed by atoms with E-state index < -0.39 is 0 Å². The van der Waals surface area contributed by atoms with E-state index in [0.717, 1.165) is 51.7 Å². The third-order valence-corrected chi connectivity index (χ3v) is 4.84. The second-order valence-corrected chi connectivity index (χ2v) is 6.91. The van der Waals surface area contributed by atoms with Crippen LogP contribution < -0.4 is 14.8 Å². The van der Waals surface area contributed by atoms with Gasteiger partial charge in [0, 0.05) is 18.5 Å². The topological polar surface area (TPSA) is 77.0 Å². The molecule has 0 amide bonds. The van der Waals surface area contributed by atoms with Crippen molar-refractivity contribution in [1.29, 1.82) is 0 Å². The number of ether oxygens (including phenoxy) is 2. The molecular weight excluding hydrogens is 402 g/mol. The van der Waals surface area contributed by atoms with Crippen molar-refractivity contribution < 1.29 is 9.47 Å². The van der Waals surface area contributed by atoms with Crippen molar-refractivity contribution >= 4 is 17.0 Å². The first-order valence-electron chi connectivity index (χ1n) is 10.9. The van der Waals surface area contributed by atoms with Crippen LogP contribution >= 0.6 is 0 Å². The van der Waals surface area contributed by atoms with Gasteiger partial charge in [-0.1, -0.05) is 44.7 Å². The van der Waals surface area contributed by atoms with Crippen LogP contribution in [0.1, 0.15) is 38.3 Å². The molecular formula is C25H27N5O2. The summed E-state index contributed by atoms with van der Waals surface area (Å²) >= 11 is 0. The Morgan fingerprint density at radius 1 is 1.06 bits per heavy atom. The molecule has 4 aromatic rings. The molecule has 32 heavy (non-hydrogen) atoms. The van der Waals surface area contributed by atoms with E-state index in [4.69, 9.17) is 9.47 Å². The van der Waals surface area contributed by atoms with Crippen molar-refractivity contribution in [3.8, 4) is 29.0 Å². The van der Waals surface area contributed by atoms with Gasteiger partial charge in [-0.05, 0) is 35.9 Å². The van der Waals surface area contributed by atoms with Crippen LogP contribution in [0.25, 0.3) is 16.9 Å². The lowest BCUT2D eigenvalue weighted by Gasteiger charge is -2.20. The van der Waals surface area contributed by atoms with Gasteiger partial charge in [0.05, 0.1) is 5.69 Å². The van der Waals surface area contributed by atoms with E-state index in [1.165, 1.54) is 0 Å². The van der Waals surface area contributed by atoms with Gasteiger partial charge in [0.15, 0.2) is 23.0 Å². The second kappa shape index (κ2) is 9.92. The van der Waals surface area contributed by atoms with Crippen molar-refractivity contribution in [3.63, 3.8) is 0 Å². The van der Waals surface area contributed by atoms with Gasteiger partial charge >= 0.3 is 0 Å². The second-order valence-electron chi connectivity index (χ2n) is 6.91. The fourth-order valence-corrected chi connectivity index (χ4v) is 3.38. The smallest absolute Gasteiger partial charge is 0.182 e. The lowest BCUT2D eigenvalue weighted by Crippen LogP contribution is -2.16. The van der Waals surface area contributed by atoms with Gasteiger partial charge in [0.25, 0.3) is 0 Å². The van der Waals surface area contributed by atoms with E-state index in [1.54, 1.807) is 6.33 Å². The molecule has 1 aliphatic rings. The first-order chi connectivity index (χ1) is 15.8. The molecule has 0 saturated heterocycles. The normalized spacial score (nSPS) is 11.8. The number of hydrogen-bond acceptors (Lipinski definition) is 5. The number of rotatable bonds is 4. The van der Waals surface area contributed by atoms with Crippen LogP contribution in [0, 0.1) is 11.8 Å². The summed E-state index contributed by atoms with van der Waals surface area (Å²) in [6.45, 7) is 7.83. The van der Waals surface area contributed by atoms with Crippen LogP contribution in [-0.2, 0) is 6.54 Å². The highest BCUT2D eigenvalue weighted by Crippen LogP contribution is 2.31. The molecule has 2 aromatic heterocycles. The standard InChI is InChI=1S/C23H21N5O2.C2H6/c1-2-3-5-16-6-4-7-18(12-16)28-23-21(27-28)22(25-15-26-23)24-14-17-8-9-19-20(13-17)30-11-10-29-19;1-2/h4,6-9,12-13,15,27H,2,10-11,14H2,1H3,(H,24,25,26);1-2H3. The Labute approximate surface area is 187 Å². The fourth-order valence-electron chi connectivity index (χ4n) is 3.38. The van der Waals surface area contributed by atoms with E-state index in [-0.39, 0.29) is 0 Å². The molecule has 0 bridgehead atoms. The number of aromatic amines is 1. The van der Waals surface area contributed by atoms with E-state index in [0.29, 0.717) is 19.8 Å². The van der Waals surface area contributed by atoms with Crippen LogP contribution in [-0.4, -0.2) is 33.0 Å². The monoisotopic (exact) mass is 429 g/mol. The molecule has 3 heterocycles. The Kier molecular flexibility index (Phi) is 6.61. The molecule has 2 N–H and O–H groups in total. The molecule has 0 spiro atoms. The van der Waals surface area contributed by atoms with Gasteiger partial charge in [-0.2, -0.15) is 0 Å². The van der Waals surface area contributed by atoms with Gasteiger partial charge < -0.3 is 14.8 Å². The maximum atomic E-state index is 5.66. The SMILES string of the molecule is CC.CCC#Cc1cccc(-n2[nH]c3c(NCc4ccc5c(c4)OCCO5)ncnc32)c1. The summed E-state index contributed by atoms with van der Waals surface area (Å²) < 4.78 is 13.2. The zero-order chi connectivity index (χ0) is 22.3. The molecule has 0 atom stereocenters. The minimum absolute atomic E-state index is 0.578. The number of nitrogens with one attached hydrogen (secondary N) is 2. The van der Waals surface area contributed by atoms with E-state index in [2.05, 4.69) is 32.2 Å². The largest absolute Gasteiger partial charge is 0.486 e. The van der Waals surface area contributed by atoms with Crippen molar-refractivity contribution in [2.75, 3.05) is 18.5 Å². The van der Waals surface area contributed by atoms with Crippen LogP contribution in [0.15, 0.2) is 48.8 Å². The molecule has 0 saturated carbocycles.